The fourth-order valence-corrected chi connectivity index (χ4v) is 5.01. The third-order valence-corrected chi connectivity index (χ3v) is 7.31. The second-order valence-electron chi connectivity index (χ2n) is 9.20. The molecule has 1 aliphatic carbocycles. The Kier molecular flexibility index (Phi) is 6.43. The minimum absolute atomic E-state index is 0.0278. The van der Waals surface area contributed by atoms with Gasteiger partial charge in [-0.3, -0.25) is 0 Å². The molecule has 0 spiro atoms. The number of ether oxygens (including phenoxy) is 1. The van der Waals surface area contributed by atoms with Gasteiger partial charge in [0.15, 0.2) is 0 Å². The molecule has 1 saturated heterocycles. The van der Waals surface area contributed by atoms with Crippen LogP contribution in [0.4, 0.5) is 0 Å². The largest absolute Gasteiger partial charge is 0.508 e. The van der Waals surface area contributed by atoms with Crippen molar-refractivity contribution in [3.63, 3.8) is 0 Å². The first-order chi connectivity index (χ1) is 13.8. The summed E-state index contributed by atoms with van der Waals surface area (Å²) in [7, 11) is 0. The third-order valence-electron chi connectivity index (χ3n) is 7.31. The summed E-state index contributed by atoms with van der Waals surface area (Å²) in [5, 5.41) is 10.0. The van der Waals surface area contributed by atoms with Gasteiger partial charge in [0.2, 0.25) is 0 Å². The van der Waals surface area contributed by atoms with E-state index in [9.17, 15) is 5.11 Å². The van der Waals surface area contributed by atoms with E-state index in [2.05, 4.69) is 71.1 Å². The van der Waals surface area contributed by atoms with Crippen LogP contribution in [0.15, 0.2) is 53.6 Å². The van der Waals surface area contributed by atoms with Crippen LogP contribution in [-0.4, -0.2) is 17.3 Å². The Morgan fingerprint density at radius 1 is 1.17 bits per heavy atom. The summed E-state index contributed by atoms with van der Waals surface area (Å²) in [4.78, 5) is 0. The van der Waals surface area contributed by atoms with Gasteiger partial charge in [-0.1, -0.05) is 71.1 Å². The van der Waals surface area contributed by atoms with E-state index < -0.39 is 0 Å². The number of rotatable bonds is 8. The van der Waals surface area contributed by atoms with Crippen molar-refractivity contribution in [3.05, 3.63) is 64.8 Å². The molecule has 0 saturated carbocycles. The lowest BCUT2D eigenvalue weighted by Gasteiger charge is -2.35. The number of benzene rings is 1. The maximum Gasteiger partial charge on any atom is 0.118 e. The first kappa shape index (κ1) is 21.9. The summed E-state index contributed by atoms with van der Waals surface area (Å²) >= 11 is 0. The summed E-state index contributed by atoms with van der Waals surface area (Å²) in [6, 6.07) is 6.12. The maximum absolute atomic E-state index is 10.0. The minimum atomic E-state index is -0.0278. The fourth-order valence-electron chi connectivity index (χ4n) is 5.01. The van der Waals surface area contributed by atoms with Gasteiger partial charge in [-0.15, -0.1) is 0 Å². The number of phenolic OH excluding ortho intramolecular Hbond substituents is 1. The molecule has 3 rings (SSSR count). The molecule has 1 aliphatic heterocycles. The zero-order valence-electron chi connectivity index (χ0n) is 19.1. The van der Waals surface area contributed by atoms with E-state index in [4.69, 9.17) is 4.74 Å². The summed E-state index contributed by atoms with van der Waals surface area (Å²) in [6.07, 6.45) is 13.8. The summed E-state index contributed by atoms with van der Waals surface area (Å²) in [6.45, 7) is 14.3. The lowest BCUT2D eigenvalue weighted by atomic mass is 9.69. The Morgan fingerprint density at radius 2 is 1.86 bits per heavy atom. The zero-order chi connectivity index (χ0) is 21.2. The van der Waals surface area contributed by atoms with Crippen LogP contribution in [0.3, 0.4) is 0 Å². The number of hydrogen-bond acceptors (Lipinski definition) is 2. The van der Waals surface area contributed by atoms with Gasteiger partial charge in [0.1, 0.15) is 5.75 Å². The lowest BCUT2D eigenvalue weighted by Crippen LogP contribution is -2.27. The van der Waals surface area contributed by atoms with Gasteiger partial charge in [0, 0.05) is 5.41 Å². The lowest BCUT2D eigenvalue weighted by molar-refractivity contribution is 0.262. The molecular formula is C27H38O2. The quantitative estimate of drug-likeness (QED) is 0.480. The van der Waals surface area contributed by atoms with Crippen molar-refractivity contribution < 1.29 is 9.84 Å². The molecular weight excluding hydrogens is 356 g/mol. The number of hydrogen-bond donors (Lipinski definition) is 1. The van der Waals surface area contributed by atoms with Gasteiger partial charge in [0.25, 0.3) is 0 Å². The summed E-state index contributed by atoms with van der Waals surface area (Å²) in [5.41, 5.74) is 5.16. The molecule has 1 aromatic rings. The number of allylic oxidation sites excluding steroid dienone is 6. The van der Waals surface area contributed by atoms with Crippen LogP contribution < -0.4 is 0 Å². The minimum Gasteiger partial charge on any atom is -0.508 e. The smallest absolute Gasteiger partial charge is 0.118 e. The Bertz CT molecular complexity index is 819. The number of aromatic hydroxyl groups is 1. The topological polar surface area (TPSA) is 32.8 Å². The highest BCUT2D eigenvalue weighted by atomic mass is 16.6. The standard InChI is InChI=1S/C27H38O2/c1-7-26(18-29-26)17-21(6)22-10-11-23(15-19(4)14-22)27(8-2,9-3)24-12-13-25(28)20(5)16-24/h10-16,19,21,28H,7-9,17-18H2,1-6H3. The first-order valence-electron chi connectivity index (χ1n) is 11.3. The molecule has 3 atom stereocenters. The van der Waals surface area contributed by atoms with Gasteiger partial charge in [-0.25, -0.2) is 0 Å². The van der Waals surface area contributed by atoms with Gasteiger partial charge < -0.3 is 9.84 Å². The van der Waals surface area contributed by atoms with Crippen LogP contribution in [0.5, 0.6) is 5.75 Å². The van der Waals surface area contributed by atoms with Crippen molar-refractivity contribution in [2.75, 3.05) is 6.61 Å². The third kappa shape index (κ3) is 4.38. The van der Waals surface area contributed by atoms with Crippen LogP contribution >= 0.6 is 0 Å². The van der Waals surface area contributed by atoms with Crippen molar-refractivity contribution in [2.45, 2.75) is 78.2 Å². The average Bonchev–Trinajstić information content (AvgIpc) is 3.50. The molecule has 3 unspecified atom stereocenters. The van der Waals surface area contributed by atoms with Gasteiger partial charge in [-0.2, -0.15) is 0 Å². The Hall–Kier alpha value is -1.80. The molecule has 158 valence electrons. The number of phenols is 1. The molecule has 0 bridgehead atoms. The molecule has 29 heavy (non-hydrogen) atoms. The molecule has 1 fully saturated rings. The number of aryl methyl sites for hydroxylation is 1. The highest BCUT2D eigenvalue weighted by molar-refractivity contribution is 5.48. The van der Waals surface area contributed by atoms with Crippen molar-refractivity contribution in [3.8, 4) is 5.75 Å². The Labute approximate surface area is 177 Å². The van der Waals surface area contributed by atoms with Crippen molar-refractivity contribution in [2.24, 2.45) is 11.8 Å². The second kappa shape index (κ2) is 8.52. The molecule has 0 radical (unpaired) electrons. The van der Waals surface area contributed by atoms with Crippen LogP contribution in [0, 0.1) is 18.8 Å². The van der Waals surface area contributed by atoms with E-state index in [-0.39, 0.29) is 11.0 Å². The van der Waals surface area contributed by atoms with Crippen molar-refractivity contribution in [1.82, 2.24) is 0 Å². The summed E-state index contributed by atoms with van der Waals surface area (Å²) in [5.74, 6) is 1.27. The summed E-state index contributed by atoms with van der Waals surface area (Å²) < 4.78 is 5.77. The molecule has 1 aromatic carbocycles. The predicted molar refractivity (Wildman–Crippen MR) is 122 cm³/mol. The molecule has 1 N–H and O–H groups in total. The highest BCUT2D eigenvalue weighted by Crippen LogP contribution is 2.44. The van der Waals surface area contributed by atoms with Crippen LogP contribution in [0.1, 0.15) is 71.4 Å². The van der Waals surface area contributed by atoms with Crippen molar-refractivity contribution >= 4 is 0 Å². The SMILES string of the molecule is CCC1(CC(C)C2=CC(C)C=C(C(CC)(CC)c3ccc(O)c(C)c3)C=C2)CO1. The molecule has 1 heterocycles. The molecule has 2 aliphatic rings. The predicted octanol–water partition coefficient (Wildman–Crippen LogP) is 7.02. The maximum atomic E-state index is 10.0. The number of epoxide rings is 1. The molecule has 0 aromatic heterocycles. The van der Waals surface area contributed by atoms with E-state index in [1.54, 1.807) is 0 Å². The highest BCUT2D eigenvalue weighted by Gasteiger charge is 2.44. The van der Waals surface area contributed by atoms with Crippen molar-refractivity contribution in [1.29, 1.82) is 0 Å². The fraction of sp³-hybridized carbons (Fsp3) is 0.556. The van der Waals surface area contributed by atoms with E-state index >= 15 is 0 Å². The Balaban J connectivity index is 1.91. The van der Waals surface area contributed by atoms with Crippen LogP contribution in [0.2, 0.25) is 0 Å². The monoisotopic (exact) mass is 394 g/mol. The average molecular weight is 395 g/mol. The van der Waals surface area contributed by atoms with Crippen LogP contribution in [-0.2, 0) is 10.2 Å². The van der Waals surface area contributed by atoms with Gasteiger partial charge >= 0.3 is 0 Å². The van der Waals surface area contributed by atoms with E-state index in [1.807, 2.05) is 13.0 Å². The van der Waals surface area contributed by atoms with Gasteiger partial charge in [-0.05, 0) is 72.8 Å². The first-order valence-corrected chi connectivity index (χ1v) is 11.3. The second-order valence-corrected chi connectivity index (χ2v) is 9.20. The van der Waals surface area contributed by atoms with Crippen LogP contribution in [0.25, 0.3) is 0 Å². The Morgan fingerprint density at radius 3 is 2.41 bits per heavy atom. The van der Waals surface area contributed by atoms with E-state index in [1.165, 1.54) is 16.7 Å². The molecule has 0 amide bonds. The molecule has 2 heteroatoms. The van der Waals surface area contributed by atoms with Gasteiger partial charge in [0.05, 0.1) is 12.2 Å². The van der Waals surface area contributed by atoms with E-state index in [0.717, 1.165) is 37.9 Å². The van der Waals surface area contributed by atoms with E-state index in [0.29, 0.717) is 17.6 Å². The normalized spacial score (nSPS) is 25.2. The zero-order valence-corrected chi connectivity index (χ0v) is 19.1. The molecule has 2 nitrogen and oxygen atoms in total.